The monoisotopic (exact) mass is 218 g/mol. The number of carbonyl (C=O) groups is 1. The van der Waals surface area contributed by atoms with Gasteiger partial charge in [-0.3, -0.25) is 0 Å². The molecule has 0 spiro atoms. The lowest BCUT2D eigenvalue weighted by Crippen LogP contribution is -2.04. The van der Waals surface area contributed by atoms with Crippen molar-refractivity contribution < 1.29 is 28.2 Å². The molecule has 1 aromatic rings. The predicted octanol–water partition coefficient (Wildman–Crippen LogP) is 1.78. The average molecular weight is 218 g/mol. The fourth-order valence-electron chi connectivity index (χ4n) is 0.958. The zero-order valence-corrected chi connectivity index (χ0v) is 7.74. The van der Waals surface area contributed by atoms with E-state index in [0.717, 1.165) is 12.1 Å². The average Bonchev–Trinajstić information content (AvgIpc) is 2.19. The Morgan fingerprint density at radius 1 is 1.47 bits per heavy atom. The van der Waals surface area contributed by atoms with Crippen LogP contribution in [0.15, 0.2) is 18.2 Å². The van der Waals surface area contributed by atoms with Gasteiger partial charge in [-0.1, -0.05) is 0 Å². The van der Waals surface area contributed by atoms with Crippen molar-refractivity contribution in [3.63, 3.8) is 0 Å². The largest absolute Gasteiger partial charge is 0.504 e. The second kappa shape index (κ2) is 4.59. The van der Waals surface area contributed by atoms with Gasteiger partial charge in [0.15, 0.2) is 11.5 Å². The highest BCUT2D eigenvalue weighted by atomic mass is 19.3. The van der Waals surface area contributed by atoms with Crippen molar-refractivity contribution in [1.82, 2.24) is 0 Å². The fourth-order valence-corrected chi connectivity index (χ4v) is 0.958. The van der Waals surface area contributed by atoms with Crippen molar-refractivity contribution in [2.75, 3.05) is 7.11 Å². The van der Waals surface area contributed by atoms with E-state index >= 15 is 0 Å². The van der Waals surface area contributed by atoms with E-state index in [1.807, 2.05) is 0 Å². The van der Waals surface area contributed by atoms with E-state index in [4.69, 9.17) is 0 Å². The number of halogens is 2. The molecular formula is C9H8F2O4. The van der Waals surface area contributed by atoms with Gasteiger partial charge in [-0.15, -0.1) is 0 Å². The number of ether oxygens (including phenoxy) is 2. The predicted molar refractivity (Wildman–Crippen MR) is 46.1 cm³/mol. The van der Waals surface area contributed by atoms with E-state index in [1.54, 1.807) is 0 Å². The summed E-state index contributed by atoms with van der Waals surface area (Å²) < 4.78 is 32.0. The summed E-state index contributed by atoms with van der Waals surface area (Å²) in [6, 6.07) is 3.26. The van der Waals surface area contributed by atoms with Gasteiger partial charge in [-0.25, -0.2) is 4.79 Å². The van der Waals surface area contributed by atoms with Crippen LogP contribution in [0.1, 0.15) is 10.4 Å². The first kappa shape index (κ1) is 11.2. The van der Waals surface area contributed by atoms with E-state index in [2.05, 4.69) is 9.47 Å². The molecule has 0 unspecified atom stereocenters. The Hall–Kier alpha value is -1.85. The van der Waals surface area contributed by atoms with E-state index in [-0.39, 0.29) is 5.56 Å². The number of hydrogen-bond acceptors (Lipinski definition) is 4. The highest BCUT2D eigenvalue weighted by Gasteiger charge is 2.12. The number of phenols is 1. The maximum Gasteiger partial charge on any atom is 0.387 e. The first-order valence-electron chi connectivity index (χ1n) is 3.90. The minimum absolute atomic E-state index is 0.0524. The Morgan fingerprint density at radius 2 is 2.13 bits per heavy atom. The Morgan fingerprint density at radius 3 is 2.60 bits per heavy atom. The number of benzene rings is 1. The highest BCUT2D eigenvalue weighted by molar-refractivity contribution is 5.90. The van der Waals surface area contributed by atoms with Crippen LogP contribution in [0.3, 0.4) is 0 Å². The molecule has 4 nitrogen and oxygen atoms in total. The molecule has 0 heterocycles. The van der Waals surface area contributed by atoms with Crippen LogP contribution < -0.4 is 4.74 Å². The number of alkyl halides is 2. The highest BCUT2D eigenvalue weighted by Crippen LogP contribution is 2.28. The molecule has 0 amide bonds. The lowest BCUT2D eigenvalue weighted by molar-refractivity contribution is -0.0512. The van der Waals surface area contributed by atoms with Gasteiger partial charge in [0.1, 0.15) is 0 Å². The molecule has 0 aliphatic rings. The van der Waals surface area contributed by atoms with Crippen molar-refractivity contribution in [3.8, 4) is 11.5 Å². The summed E-state index contributed by atoms with van der Waals surface area (Å²) in [6.45, 7) is -3.03. The van der Waals surface area contributed by atoms with Crippen molar-refractivity contribution in [3.05, 3.63) is 23.8 Å². The molecule has 1 aromatic carbocycles. The molecule has 1 rings (SSSR count). The summed E-state index contributed by atoms with van der Waals surface area (Å²) in [7, 11) is 1.17. The minimum atomic E-state index is -3.03. The summed E-state index contributed by atoms with van der Waals surface area (Å²) in [5.41, 5.74) is 0.0524. The number of aromatic hydroxyl groups is 1. The van der Waals surface area contributed by atoms with Crippen molar-refractivity contribution in [2.45, 2.75) is 6.61 Å². The molecule has 0 aliphatic carbocycles. The van der Waals surface area contributed by atoms with Crippen molar-refractivity contribution >= 4 is 5.97 Å². The molecule has 0 atom stereocenters. The SMILES string of the molecule is COC(=O)c1ccc(OC(F)F)c(O)c1. The van der Waals surface area contributed by atoms with Gasteiger partial charge < -0.3 is 14.6 Å². The molecule has 0 bridgehead atoms. The summed E-state index contributed by atoms with van der Waals surface area (Å²) in [5.74, 6) is -1.61. The Balaban J connectivity index is 2.93. The van der Waals surface area contributed by atoms with Gasteiger partial charge in [-0.05, 0) is 18.2 Å². The molecule has 0 aliphatic heterocycles. The number of hydrogen-bond donors (Lipinski definition) is 1. The molecule has 1 N–H and O–H groups in total. The van der Waals surface area contributed by atoms with Crippen LogP contribution in [0.4, 0.5) is 8.78 Å². The summed E-state index contributed by atoms with van der Waals surface area (Å²) in [6.07, 6.45) is 0. The second-order valence-electron chi connectivity index (χ2n) is 2.55. The van der Waals surface area contributed by atoms with Gasteiger partial charge in [0, 0.05) is 0 Å². The van der Waals surface area contributed by atoms with Crippen LogP contribution >= 0.6 is 0 Å². The van der Waals surface area contributed by atoms with Crippen LogP contribution in [0, 0.1) is 0 Å². The Bertz CT molecular complexity index is 365. The third kappa shape index (κ3) is 2.80. The quantitative estimate of drug-likeness (QED) is 0.785. The zero-order chi connectivity index (χ0) is 11.4. The molecule has 0 aromatic heterocycles. The fraction of sp³-hybridized carbons (Fsp3) is 0.222. The van der Waals surface area contributed by atoms with E-state index in [0.29, 0.717) is 0 Å². The third-order valence-corrected chi connectivity index (χ3v) is 1.60. The van der Waals surface area contributed by atoms with Crippen LogP contribution in [0.5, 0.6) is 11.5 Å². The lowest BCUT2D eigenvalue weighted by Gasteiger charge is -2.07. The zero-order valence-electron chi connectivity index (χ0n) is 7.74. The molecule has 0 saturated heterocycles. The molecule has 15 heavy (non-hydrogen) atoms. The number of rotatable bonds is 3. The first-order chi connectivity index (χ1) is 7.04. The summed E-state index contributed by atoms with van der Waals surface area (Å²) in [4.78, 5) is 11.0. The van der Waals surface area contributed by atoms with Gasteiger partial charge in [0.05, 0.1) is 12.7 Å². The number of phenolic OH excluding ortho intramolecular Hbond substituents is 1. The number of esters is 1. The van der Waals surface area contributed by atoms with E-state index in [1.165, 1.54) is 13.2 Å². The Kier molecular flexibility index (Phi) is 3.43. The van der Waals surface area contributed by atoms with E-state index in [9.17, 15) is 18.7 Å². The minimum Gasteiger partial charge on any atom is -0.504 e. The normalized spacial score (nSPS) is 10.1. The molecular weight excluding hydrogens is 210 g/mol. The van der Waals surface area contributed by atoms with Gasteiger partial charge in [0.2, 0.25) is 0 Å². The third-order valence-electron chi connectivity index (χ3n) is 1.60. The number of methoxy groups -OCH3 is 1. The van der Waals surface area contributed by atoms with Gasteiger partial charge in [-0.2, -0.15) is 8.78 Å². The first-order valence-corrected chi connectivity index (χ1v) is 3.90. The van der Waals surface area contributed by atoms with Crippen molar-refractivity contribution in [1.29, 1.82) is 0 Å². The van der Waals surface area contributed by atoms with Crippen LogP contribution in [-0.2, 0) is 4.74 Å². The standard InChI is InChI=1S/C9H8F2O4/c1-14-8(13)5-2-3-7(6(12)4-5)15-9(10)11/h2-4,9,12H,1H3. The molecule has 82 valence electrons. The van der Waals surface area contributed by atoms with Crippen LogP contribution in [0.2, 0.25) is 0 Å². The van der Waals surface area contributed by atoms with Crippen LogP contribution in [-0.4, -0.2) is 24.8 Å². The van der Waals surface area contributed by atoms with E-state index < -0.39 is 24.1 Å². The lowest BCUT2D eigenvalue weighted by atomic mass is 10.2. The molecule has 6 heteroatoms. The summed E-state index contributed by atoms with van der Waals surface area (Å²) in [5, 5.41) is 9.22. The summed E-state index contributed by atoms with van der Waals surface area (Å²) >= 11 is 0. The van der Waals surface area contributed by atoms with Gasteiger partial charge >= 0.3 is 12.6 Å². The topological polar surface area (TPSA) is 55.8 Å². The molecule has 0 fully saturated rings. The maximum atomic E-state index is 11.8. The smallest absolute Gasteiger partial charge is 0.387 e. The maximum absolute atomic E-state index is 11.8. The number of carbonyl (C=O) groups excluding carboxylic acids is 1. The van der Waals surface area contributed by atoms with Crippen molar-refractivity contribution in [2.24, 2.45) is 0 Å². The molecule has 0 saturated carbocycles. The Labute approximate surface area is 84.0 Å². The molecule has 0 radical (unpaired) electrons. The second-order valence-corrected chi connectivity index (χ2v) is 2.55. The van der Waals surface area contributed by atoms with Gasteiger partial charge in [0.25, 0.3) is 0 Å². The van der Waals surface area contributed by atoms with Crippen LogP contribution in [0.25, 0.3) is 0 Å².